The van der Waals surface area contributed by atoms with E-state index in [1.807, 2.05) is 5.38 Å². The highest BCUT2D eigenvalue weighted by Gasteiger charge is 2.15. The molecule has 6 nitrogen and oxygen atoms in total. The van der Waals surface area contributed by atoms with Gasteiger partial charge in [0.15, 0.2) is 0 Å². The highest BCUT2D eigenvalue weighted by atomic mass is 35.5. The summed E-state index contributed by atoms with van der Waals surface area (Å²) in [5, 5.41) is 8.10. The Labute approximate surface area is 193 Å². The molecule has 0 atom stereocenters. The predicted octanol–water partition coefficient (Wildman–Crippen LogP) is 5.88. The fraction of sp³-hybridized carbons (Fsp3) is 0.0417. The van der Waals surface area contributed by atoms with E-state index in [1.165, 1.54) is 11.3 Å². The summed E-state index contributed by atoms with van der Waals surface area (Å²) in [6, 6.07) is 20.5. The molecule has 0 unspecified atom stereocenters. The molecule has 160 valence electrons. The van der Waals surface area contributed by atoms with E-state index in [4.69, 9.17) is 16.3 Å². The average molecular weight is 464 g/mol. The summed E-state index contributed by atoms with van der Waals surface area (Å²) in [6.45, 7) is 0.322. The second-order valence-electron chi connectivity index (χ2n) is 6.76. The molecule has 1 heterocycles. The van der Waals surface area contributed by atoms with Crippen molar-refractivity contribution in [1.82, 2.24) is 4.98 Å². The van der Waals surface area contributed by atoms with Gasteiger partial charge in [0.1, 0.15) is 12.4 Å². The van der Waals surface area contributed by atoms with Crippen molar-refractivity contribution in [1.29, 1.82) is 0 Å². The van der Waals surface area contributed by atoms with Crippen molar-refractivity contribution < 1.29 is 14.3 Å². The first-order valence-electron chi connectivity index (χ1n) is 9.66. The van der Waals surface area contributed by atoms with E-state index < -0.39 is 0 Å². The van der Waals surface area contributed by atoms with Gasteiger partial charge in [0.05, 0.1) is 22.5 Å². The van der Waals surface area contributed by atoms with E-state index in [1.54, 1.807) is 78.3 Å². The molecule has 0 spiro atoms. The lowest BCUT2D eigenvalue weighted by Gasteiger charge is -2.12. The summed E-state index contributed by atoms with van der Waals surface area (Å²) in [6.07, 6.45) is 0. The second kappa shape index (κ2) is 10.1. The maximum Gasteiger partial charge on any atom is 0.257 e. The third-order valence-electron chi connectivity index (χ3n) is 4.49. The summed E-state index contributed by atoms with van der Waals surface area (Å²) in [7, 11) is 0. The molecular weight excluding hydrogens is 446 g/mol. The van der Waals surface area contributed by atoms with Crippen molar-refractivity contribution in [2.45, 2.75) is 6.61 Å². The normalized spacial score (nSPS) is 10.4. The molecule has 32 heavy (non-hydrogen) atoms. The van der Waals surface area contributed by atoms with Gasteiger partial charge in [-0.15, -0.1) is 11.3 Å². The van der Waals surface area contributed by atoms with Crippen molar-refractivity contribution in [3.8, 4) is 5.75 Å². The van der Waals surface area contributed by atoms with Crippen LogP contribution in [-0.2, 0) is 6.61 Å². The molecule has 0 radical (unpaired) electrons. The smallest absolute Gasteiger partial charge is 0.257 e. The Morgan fingerprint density at radius 2 is 1.75 bits per heavy atom. The Kier molecular flexibility index (Phi) is 6.79. The first kappa shape index (κ1) is 21.5. The minimum atomic E-state index is -0.351. The molecule has 0 fully saturated rings. The Hall–Kier alpha value is -3.68. The Balaban J connectivity index is 1.46. The van der Waals surface area contributed by atoms with Crippen molar-refractivity contribution in [3.05, 3.63) is 106 Å². The number of para-hydroxylation sites is 1. The Bertz CT molecular complexity index is 1230. The first-order chi connectivity index (χ1) is 15.6. The van der Waals surface area contributed by atoms with E-state index in [9.17, 15) is 9.59 Å². The molecule has 1 aromatic heterocycles. The van der Waals surface area contributed by atoms with Crippen LogP contribution >= 0.6 is 22.9 Å². The summed E-state index contributed by atoms with van der Waals surface area (Å²) in [4.78, 5) is 29.8. The number of hydrogen-bond donors (Lipinski definition) is 2. The molecule has 0 aliphatic carbocycles. The number of thiazole rings is 1. The number of amides is 2. The molecule has 8 heteroatoms. The zero-order valence-electron chi connectivity index (χ0n) is 16.7. The molecule has 3 aromatic carbocycles. The maximum absolute atomic E-state index is 12.8. The fourth-order valence-electron chi connectivity index (χ4n) is 2.91. The monoisotopic (exact) mass is 463 g/mol. The van der Waals surface area contributed by atoms with Gasteiger partial charge in [-0.1, -0.05) is 29.8 Å². The van der Waals surface area contributed by atoms with E-state index in [-0.39, 0.29) is 11.8 Å². The van der Waals surface area contributed by atoms with Gasteiger partial charge >= 0.3 is 0 Å². The van der Waals surface area contributed by atoms with Crippen LogP contribution in [0.15, 0.2) is 83.7 Å². The van der Waals surface area contributed by atoms with Crippen LogP contribution in [0.5, 0.6) is 5.75 Å². The van der Waals surface area contributed by atoms with Gasteiger partial charge in [0.25, 0.3) is 11.8 Å². The lowest BCUT2D eigenvalue weighted by molar-refractivity contribution is 0.102. The molecule has 0 aliphatic heterocycles. The third-order valence-corrected chi connectivity index (χ3v) is 5.38. The molecule has 2 amide bonds. The largest absolute Gasteiger partial charge is 0.487 e. The van der Waals surface area contributed by atoms with Gasteiger partial charge in [-0.2, -0.15) is 0 Å². The van der Waals surface area contributed by atoms with Crippen molar-refractivity contribution >= 4 is 46.1 Å². The van der Waals surface area contributed by atoms with Crippen LogP contribution in [0.4, 0.5) is 11.4 Å². The molecule has 0 aliphatic rings. The quantitative estimate of drug-likeness (QED) is 0.358. The molecular formula is C24H18ClN3O3S. The third kappa shape index (κ3) is 5.51. The molecule has 0 saturated carbocycles. The average Bonchev–Trinajstić information content (AvgIpc) is 3.33. The predicted molar refractivity (Wildman–Crippen MR) is 127 cm³/mol. The summed E-state index contributed by atoms with van der Waals surface area (Å²) < 4.78 is 5.72. The lowest BCUT2D eigenvalue weighted by Crippen LogP contribution is -2.18. The molecule has 4 aromatic rings. The standard InChI is InChI=1S/C24H18ClN3O3S/c25-17-8-10-18(11-9-17)27-24(30)21-6-1-2-7-22(21)28-23(29)16-4-3-5-20(12-16)31-13-19-14-32-15-26-19/h1-12,14-15H,13H2,(H,27,30)(H,28,29). The SMILES string of the molecule is O=C(Nc1ccccc1C(=O)Nc1ccc(Cl)cc1)c1cccc(OCc2cscn2)c1. The summed E-state index contributed by atoms with van der Waals surface area (Å²) in [5.74, 6) is -0.140. The van der Waals surface area contributed by atoms with Crippen LogP contribution in [0.25, 0.3) is 0 Å². The van der Waals surface area contributed by atoms with Gasteiger partial charge in [0.2, 0.25) is 0 Å². The fourth-order valence-corrected chi connectivity index (χ4v) is 3.58. The number of carbonyl (C=O) groups excluding carboxylic acids is 2. The van der Waals surface area contributed by atoms with Crippen molar-refractivity contribution in [3.63, 3.8) is 0 Å². The number of ether oxygens (including phenoxy) is 1. The van der Waals surface area contributed by atoms with Gasteiger partial charge in [-0.25, -0.2) is 4.98 Å². The minimum absolute atomic E-state index is 0.322. The minimum Gasteiger partial charge on any atom is -0.487 e. The zero-order valence-corrected chi connectivity index (χ0v) is 18.3. The van der Waals surface area contributed by atoms with Crippen LogP contribution in [0.2, 0.25) is 5.02 Å². The van der Waals surface area contributed by atoms with Crippen molar-refractivity contribution in [2.75, 3.05) is 10.6 Å². The molecule has 4 rings (SSSR count). The number of nitrogens with one attached hydrogen (secondary N) is 2. The molecule has 0 bridgehead atoms. The number of benzene rings is 3. The zero-order chi connectivity index (χ0) is 22.3. The summed E-state index contributed by atoms with van der Waals surface area (Å²) in [5.41, 5.74) is 4.32. The number of aromatic nitrogens is 1. The maximum atomic E-state index is 12.8. The number of carbonyl (C=O) groups is 2. The van der Waals surface area contributed by atoms with Crippen molar-refractivity contribution in [2.24, 2.45) is 0 Å². The van der Waals surface area contributed by atoms with Crippen LogP contribution in [0.3, 0.4) is 0 Å². The summed E-state index contributed by atoms with van der Waals surface area (Å²) >= 11 is 7.39. The number of halogens is 1. The molecule has 2 N–H and O–H groups in total. The number of nitrogens with zero attached hydrogens (tertiary/aromatic N) is 1. The highest BCUT2D eigenvalue weighted by Crippen LogP contribution is 2.21. The first-order valence-corrected chi connectivity index (χ1v) is 11.0. The van der Waals surface area contributed by atoms with E-state index in [2.05, 4.69) is 15.6 Å². The van der Waals surface area contributed by atoms with Crippen LogP contribution in [0, 0.1) is 0 Å². The Morgan fingerprint density at radius 1 is 0.938 bits per heavy atom. The second-order valence-corrected chi connectivity index (χ2v) is 7.91. The van der Waals surface area contributed by atoms with E-state index in [0.29, 0.717) is 39.9 Å². The van der Waals surface area contributed by atoms with Gasteiger partial charge in [-0.05, 0) is 54.6 Å². The van der Waals surface area contributed by atoms with Crippen LogP contribution < -0.4 is 15.4 Å². The van der Waals surface area contributed by atoms with E-state index in [0.717, 1.165) is 5.69 Å². The number of anilines is 2. The number of hydrogen-bond acceptors (Lipinski definition) is 5. The van der Waals surface area contributed by atoms with Crippen LogP contribution in [-0.4, -0.2) is 16.8 Å². The van der Waals surface area contributed by atoms with Gasteiger partial charge in [-0.3, -0.25) is 9.59 Å². The molecule has 0 saturated heterocycles. The highest BCUT2D eigenvalue weighted by molar-refractivity contribution is 7.07. The lowest BCUT2D eigenvalue weighted by atomic mass is 10.1. The van der Waals surface area contributed by atoms with Gasteiger partial charge in [0, 0.05) is 21.7 Å². The topological polar surface area (TPSA) is 80.3 Å². The van der Waals surface area contributed by atoms with E-state index >= 15 is 0 Å². The number of rotatable bonds is 7. The Morgan fingerprint density at radius 3 is 2.53 bits per heavy atom. The van der Waals surface area contributed by atoms with Crippen LogP contribution in [0.1, 0.15) is 26.4 Å². The van der Waals surface area contributed by atoms with Gasteiger partial charge < -0.3 is 15.4 Å².